The number of hydrogen-bond acceptors (Lipinski definition) is 4. The van der Waals surface area contributed by atoms with E-state index < -0.39 is 0 Å². The van der Waals surface area contributed by atoms with E-state index in [1.165, 1.54) is 4.88 Å². The van der Waals surface area contributed by atoms with Crippen LogP contribution in [0.3, 0.4) is 0 Å². The van der Waals surface area contributed by atoms with Gasteiger partial charge < -0.3 is 14.8 Å². The fourth-order valence-electron chi connectivity index (χ4n) is 1.67. The first-order chi connectivity index (χ1) is 7.68. The van der Waals surface area contributed by atoms with Gasteiger partial charge in [-0.05, 0) is 19.1 Å². The fourth-order valence-corrected chi connectivity index (χ4v) is 2.73. The third-order valence-electron chi connectivity index (χ3n) is 2.58. The second kappa shape index (κ2) is 5.47. The molecule has 0 atom stereocenters. The molecule has 1 aliphatic heterocycles. The number of nitrogens with one attached hydrogen (secondary N) is 1. The van der Waals surface area contributed by atoms with Gasteiger partial charge in [0.15, 0.2) is 5.79 Å². The van der Waals surface area contributed by atoms with Crippen LogP contribution in [-0.4, -0.2) is 25.5 Å². The molecule has 0 bridgehead atoms. The van der Waals surface area contributed by atoms with Crippen molar-refractivity contribution in [3.8, 4) is 0 Å². The highest BCUT2D eigenvalue weighted by Crippen LogP contribution is 2.23. The summed E-state index contributed by atoms with van der Waals surface area (Å²) in [5.41, 5.74) is 0. The van der Waals surface area contributed by atoms with Gasteiger partial charge >= 0.3 is 0 Å². The van der Waals surface area contributed by atoms with Crippen molar-refractivity contribution in [3.63, 3.8) is 0 Å². The Bertz CT molecular complexity index is 336. The molecule has 2 heterocycles. The van der Waals surface area contributed by atoms with E-state index in [2.05, 4.69) is 5.32 Å². The van der Waals surface area contributed by atoms with Gasteiger partial charge in [0, 0.05) is 24.4 Å². The molecule has 1 aliphatic rings. The van der Waals surface area contributed by atoms with Crippen molar-refractivity contribution in [1.82, 2.24) is 5.32 Å². The standard InChI is InChI=1S/C11H16ClNO2S/c1-11(14-6-7-15-11)4-5-13-8-9-2-3-10(12)16-9/h2-3,13H,4-8H2,1H3. The zero-order valence-corrected chi connectivity index (χ0v) is 10.9. The summed E-state index contributed by atoms with van der Waals surface area (Å²) in [6.07, 6.45) is 0.867. The first-order valence-electron chi connectivity index (χ1n) is 5.41. The molecule has 1 aromatic heterocycles. The quantitative estimate of drug-likeness (QED) is 0.827. The van der Waals surface area contributed by atoms with Crippen LogP contribution in [0.4, 0.5) is 0 Å². The molecule has 5 heteroatoms. The maximum absolute atomic E-state index is 5.85. The molecule has 0 unspecified atom stereocenters. The normalized spacial score (nSPS) is 19.1. The number of ether oxygens (including phenoxy) is 2. The van der Waals surface area contributed by atoms with Gasteiger partial charge in [-0.3, -0.25) is 0 Å². The van der Waals surface area contributed by atoms with Crippen LogP contribution < -0.4 is 5.32 Å². The average Bonchev–Trinajstić information content (AvgIpc) is 2.84. The van der Waals surface area contributed by atoms with Gasteiger partial charge in [0.05, 0.1) is 17.6 Å². The second-order valence-corrected chi connectivity index (χ2v) is 5.76. The summed E-state index contributed by atoms with van der Waals surface area (Å²) in [6.45, 7) is 5.14. The van der Waals surface area contributed by atoms with Crippen LogP contribution in [-0.2, 0) is 16.0 Å². The first-order valence-corrected chi connectivity index (χ1v) is 6.60. The van der Waals surface area contributed by atoms with Gasteiger partial charge in [0.25, 0.3) is 0 Å². The van der Waals surface area contributed by atoms with Gasteiger partial charge in [-0.2, -0.15) is 0 Å². The molecule has 0 spiro atoms. The van der Waals surface area contributed by atoms with Crippen molar-refractivity contribution in [2.45, 2.75) is 25.7 Å². The minimum atomic E-state index is -0.389. The van der Waals surface area contributed by atoms with Crippen LogP contribution in [0.1, 0.15) is 18.2 Å². The maximum Gasteiger partial charge on any atom is 0.166 e. The van der Waals surface area contributed by atoms with E-state index in [1.807, 2.05) is 19.1 Å². The lowest BCUT2D eigenvalue weighted by Gasteiger charge is -2.22. The number of halogens is 1. The molecule has 1 saturated heterocycles. The monoisotopic (exact) mass is 261 g/mol. The first kappa shape index (κ1) is 12.3. The van der Waals surface area contributed by atoms with Crippen molar-refractivity contribution in [2.24, 2.45) is 0 Å². The van der Waals surface area contributed by atoms with Gasteiger partial charge in [0.2, 0.25) is 0 Å². The second-order valence-electron chi connectivity index (χ2n) is 3.96. The van der Waals surface area contributed by atoms with E-state index in [0.29, 0.717) is 13.2 Å². The van der Waals surface area contributed by atoms with E-state index in [0.717, 1.165) is 23.8 Å². The maximum atomic E-state index is 5.85. The Morgan fingerprint density at radius 3 is 2.81 bits per heavy atom. The Hall–Kier alpha value is -0.130. The van der Waals surface area contributed by atoms with Gasteiger partial charge in [-0.1, -0.05) is 11.6 Å². The average molecular weight is 262 g/mol. The molecule has 1 aromatic rings. The lowest BCUT2D eigenvalue weighted by atomic mass is 10.2. The molecule has 1 fully saturated rings. The highest BCUT2D eigenvalue weighted by atomic mass is 35.5. The summed E-state index contributed by atoms with van der Waals surface area (Å²) in [4.78, 5) is 1.25. The molecule has 0 amide bonds. The lowest BCUT2D eigenvalue weighted by molar-refractivity contribution is -0.145. The zero-order valence-electron chi connectivity index (χ0n) is 9.29. The Labute approximate surface area is 105 Å². The molecule has 0 saturated carbocycles. The van der Waals surface area contributed by atoms with Crippen molar-refractivity contribution in [2.75, 3.05) is 19.8 Å². The van der Waals surface area contributed by atoms with E-state index in [9.17, 15) is 0 Å². The molecule has 90 valence electrons. The molecular weight excluding hydrogens is 246 g/mol. The summed E-state index contributed by atoms with van der Waals surface area (Å²) in [5.74, 6) is -0.389. The van der Waals surface area contributed by atoms with E-state index in [1.54, 1.807) is 11.3 Å². The summed E-state index contributed by atoms with van der Waals surface area (Å²) in [7, 11) is 0. The summed E-state index contributed by atoms with van der Waals surface area (Å²) < 4.78 is 11.9. The van der Waals surface area contributed by atoms with Crippen molar-refractivity contribution < 1.29 is 9.47 Å². The number of hydrogen-bond donors (Lipinski definition) is 1. The van der Waals surface area contributed by atoms with E-state index >= 15 is 0 Å². The predicted octanol–water partition coefficient (Wildman–Crippen LogP) is 2.64. The molecule has 16 heavy (non-hydrogen) atoms. The minimum Gasteiger partial charge on any atom is -0.348 e. The Morgan fingerprint density at radius 1 is 1.44 bits per heavy atom. The van der Waals surface area contributed by atoms with Crippen LogP contribution in [0.15, 0.2) is 12.1 Å². The highest BCUT2D eigenvalue weighted by Gasteiger charge is 2.29. The zero-order chi connectivity index (χ0) is 11.4. The predicted molar refractivity (Wildman–Crippen MR) is 66.0 cm³/mol. The van der Waals surface area contributed by atoms with Gasteiger partial charge in [-0.25, -0.2) is 0 Å². The van der Waals surface area contributed by atoms with Crippen LogP contribution in [0.25, 0.3) is 0 Å². The van der Waals surface area contributed by atoms with Crippen LogP contribution in [0, 0.1) is 0 Å². The molecule has 0 radical (unpaired) electrons. The Balaban J connectivity index is 1.65. The third kappa shape index (κ3) is 3.43. The molecule has 1 N–H and O–H groups in total. The van der Waals surface area contributed by atoms with Crippen molar-refractivity contribution in [1.29, 1.82) is 0 Å². The topological polar surface area (TPSA) is 30.5 Å². The summed E-state index contributed by atoms with van der Waals surface area (Å²) in [6, 6.07) is 3.97. The van der Waals surface area contributed by atoms with Gasteiger partial charge in [0.1, 0.15) is 0 Å². The Kier molecular flexibility index (Phi) is 4.21. The van der Waals surface area contributed by atoms with E-state index in [4.69, 9.17) is 21.1 Å². The highest BCUT2D eigenvalue weighted by molar-refractivity contribution is 7.16. The largest absolute Gasteiger partial charge is 0.348 e. The van der Waals surface area contributed by atoms with E-state index in [-0.39, 0.29) is 5.79 Å². The van der Waals surface area contributed by atoms with Crippen LogP contribution in [0.5, 0.6) is 0 Å². The van der Waals surface area contributed by atoms with Crippen LogP contribution >= 0.6 is 22.9 Å². The smallest absolute Gasteiger partial charge is 0.166 e. The molecule has 3 nitrogen and oxygen atoms in total. The lowest BCUT2D eigenvalue weighted by Crippen LogP contribution is -2.30. The summed E-state index contributed by atoms with van der Waals surface area (Å²) in [5, 5.41) is 3.36. The molecule has 0 aliphatic carbocycles. The number of thiophene rings is 1. The number of rotatable bonds is 5. The van der Waals surface area contributed by atoms with Crippen molar-refractivity contribution >= 4 is 22.9 Å². The third-order valence-corrected chi connectivity index (χ3v) is 3.81. The van der Waals surface area contributed by atoms with Crippen LogP contribution in [0.2, 0.25) is 4.34 Å². The summed E-state index contributed by atoms with van der Waals surface area (Å²) >= 11 is 7.46. The fraction of sp³-hybridized carbons (Fsp3) is 0.636. The minimum absolute atomic E-state index is 0.389. The molecular formula is C11H16ClNO2S. The molecule has 2 rings (SSSR count). The Morgan fingerprint density at radius 2 is 2.19 bits per heavy atom. The van der Waals surface area contributed by atoms with Gasteiger partial charge in [-0.15, -0.1) is 11.3 Å². The SMILES string of the molecule is CC1(CCNCc2ccc(Cl)s2)OCCO1. The molecule has 0 aromatic carbocycles. The van der Waals surface area contributed by atoms with Crippen molar-refractivity contribution in [3.05, 3.63) is 21.3 Å².